The molecule has 9 nitrogen and oxygen atoms in total. The molecule has 0 unspecified atom stereocenters. The van der Waals surface area contributed by atoms with Crippen molar-refractivity contribution in [1.82, 2.24) is 25.3 Å². The zero-order valence-electron chi connectivity index (χ0n) is 18.3. The number of anilines is 1. The van der Waals surface area contributed by atoms with E-state index >= 15 is 0 Å². The van der Waals surface area contributed by atoms with Crippen LogP contribution in [0.4, 0.5) is 15.1 Å². The van der Waals surface area contributed by atoms with Gasteiger partial charge in [0, 0.05) is 38.1 Å². The molecule has 1 fully saturated rings. The van der Waals surface area contributed by atoms with Crippen LogP contribution in [0.5, 0.6) is 0 Å². The monoisotopic (exact) mass is 486 g/mol. The Hall–Kier alpha value is -3.24. The third-order valence-electron chi connectivity index (χ3n) is 6.07. The number of rotatable bonds is 5. The zero-order valence-corrected chi connectivity index (χ0v) is 19.1. The van der Waals surface area contributed by atoms with Gasteiger partial charge in [-0.05, 0) is 42.5 Å². The van der Waals surface area contributed by atoms with Crippen LogP contribution in [-0.2, 0) is 17.7 Å². The SMILES string of the molecule is O=C(N[C@@H](c1ccc(Cl)c(F)c1)c1ccno1)N1CCc2cnc(NC3CCOCC3)nc2C1. The van der Waals surface area contributed by atoms with Gasteiger partial charge in [0.15, 0.2) is 5.76 Å². The van der Waals surface area contributed by atoms with Gasteiger partial charge in [-0.15, -0.1) is 0 Å². The normalized spacial score (nSPS) is 17.2. The molecule has 2 amide bonds. The van der Waals surface area contributed by atoms with E-state index < -0.39 is 11.9 Å². The lowest BCUT2D eigenvalue weighted by atomic mass is 10.0. The van der Waals surface area contributed by atoms with Gasteiger partial charge in [0.1, 0.15) is 11.9 Å². The van der Waals surface area contributed by atoms with Crippen molar-refractivity contribution < 1.29 is 18.4 Å². The second kappa shape index (κ2) is 9.94. The molecular formula is C23H24ClFN6O3. The molecule has 0 saturated carbocycles. The van der Waals surface area contributed by atoms with Crippen LogP contribution in [0.3, 0.4) is 0 Å². The van der Waals surface area contributed by atoms with Gasteiger partial charge in [-0.3, -0.25) is 0 Å². The largest absolute Gasteiger partial charge is 0.381 e. The first-order valence-electron chi connectivity index (χ1n) is 11.2. The number of carbonyl (C=O) groups excluding carboxylic acids is 1. The van der Waals surface area contributed by atoms with Crippen LogP contribution in [0, 0.1) is 5.82 Å². The highest BCUT2D eigenvalue weighted by Gasteiger charge is 2.27. The molecule has 5 rings (SSSR count). The number of ether oxygens (including phenoxy) is 1. The smallest absolute Gasteiger partial charge is 0.318 e. The summed E-state index contributed by atoms with van der Waals surface area (Å²) in [4.78, 5) is 24.0. The highest BCUT2D eigenvalue weighted by atomic mass is 35.5. The van der Waals surface area contributed by atoms with E-state index in [-0.39, 0.29) is 17.1 Å². The lowest BCUT2D eigenvalue weighted by molar-refractivity contribution is 0.0903. The maximum absolute atomic E-state index is 14.1. The molecule has 0 radical (unpaired) electrons. The minimum absolute atomic E-state index is 0.00360. The summed E-state index contributed by atoms with van der Waals surface area (Å²) in [5, 5.41) is 10.0. The quantitative estimate of drug-likeness (QED) is 0.566. The van der Waals surface area contributed by atoms with Crippen molar-refractivity contribution in [2.45, 2.75) is 37.9 Å². The van der Waals surface area contributed by atoms with Crippen LogP contribution < -0.4 is 10.6 Å². The van der Waals surface area contributed by atoms with Crippen LogP contribution >= 0.6 is 11.6 Å². The summed E-state index contributed by atoms with van der Waals surface area (Å²) in [5.74, 6) is 0.368. The second-order valence-corrected chi connectivity index (χ2v) is 8.75. The number of aromatic nitrogens is 3. The molecule has 34 heavy (non-hydrogen) atoms. The highest BCUT2D eigenvalue weighted by Crippen LogP contribution is 2.26. The first-order chi connectivity index (χ1) is 16.6. The van der Waals surface area contributed by atoms with E-state index in [0.29, 0.717) is 36.8 Å². The number of halogens is 2. The number of benzene rings is 1. The van der Waals surface area contributed by atoms with E-state index in [1.165, 1.54) is 18.3 Å². The van der Waals surface area contributed by atoms with Crippen molar-refractivity contribution in [3.63, 3.8) is 0 Å². The van der Waals surface area contributed by atoms with E-state index in [9.17, 15) is 9.18 Å². The Kier molecular flexibility index (Phi) is 6.59. The van der Waals surface area contributed by atoms with Gasteiger partial charge in [0.05, 0.1) is 23.5 Å². The summed E-state index contributed by atoms with van der Waals surface area (Å²) in [6.45, 7) is 2.29. The van der Waals surface area contributed by atoms with Crippen LogP contribution in [-0.4, -0.2) is 51.9 Å². The van der Waals surface area contributed by atoms with Crippen molar-refractivity contribution in [3.8, 4) is 0 Å². The Balaban J connectivity index is 1.30. The molecule has 2 aromatic heterocycles. The summed E-state index contributed by atoms with van der Waals surface area (Å²) >= 11 is 5.83. The van der Waals surface area contributed by atoms with Crippen molar-refractivity contribution >= 4 is 23.6 Å². The minimum atomic E-state index is -0.723. The standard InChI is InChI=1S/C23H24ClFN6O3/c24-17-2-1-14(11-18(17)25)21(20-3-7-27-34-20)30-23(32)31-8-4-15-12-26-22(29-19(15)13-31)28-16-5-9-33-10-6-16/h1-3,7,11-12,16,21H,4-6,8-10,13H2,(H,30,32)(H,26,28,29)/t21-/m0/s1. The second-order valence-electron chi connectivity index (χ2n) is 8.34. The van der Waals surface area contributed by atoms with E-state index in [1.54, 1.807) is 17.0 Å². The van der Waals surface area contributed by atoms with E-state index in [2.05, 4.69) is 25.8 Å². The Bertz CT molecular complexity index is 1160. The average Bonchev–Trinajstić information content (AvgIpc) is 3.39. The van der Waals surface area contributed by atoms with Crippen molar-refractivity contribution in [3.05, 3.63) is 70.1 Å². The topological polar surface area (TPSA) is 105 Å². The summed E-state index contributed by atoms with van der Waals surface area (Å²) in [6, 6.07) is 5.23. The van der Waals surface area contributed by atoms with Crippen molar-refractivity contribution in [1.29, 1.82) is 0 Å². The molecule has 11 heteroatoms. The predicted molar refractivity (Wildman–Crippen MR) is 122 cm³/mol. The van der Waals surface area contributed by atoms with Gasteiger partial charge in [-0.25, -0.2) is 19.2 Å². The summed E-state index contributed by atoms with van der Waals surface area (Å²) in [6.07, 6.45) is 5.75. The van der Waals surface area contributed by atoms with Crippen molar-refractivity contribution in [2.24, 2.45) is 0 Å². The maximum Gasteiger partial charge on any atom is 0.318 e. The number of nitrogens with one attached hydrogen (secondary N) is 2. The highest BCUT2D eigenvalue weighted by molar-refractivity contribution is 6.30. The fourth-order valence-corrected chi connectivity index (χ4v) is 4.29. The third kappa shape index (κ3) is 4.97. The molecule has 3 aromatic rings. The Morgan fingerprint density at radius 1 is 1.26 bits per heavy atom. The number of hydrogen-bond acceptors (Lipinski definition) is 7. The minimum Gasteiger partial charge on any atom is -0.381 e. The summed E-state index contributed by atoms with van der Waals surface area (Å²) in [5.41, 5.74) is 2.32. The van der Waals surface area contributed by atoms with Gasteiger partial charge in [0.2, 0.25) is 5.95 Å². The van der Waals surface area contributed by atoms with E-state index in [4.69, 9.17) is 20.9 Å². The first-order valence-corrected chi connectivity index (χ1v) is 11.5. The third-order valence-corrected chi connectivity index (χ3v) is 6.38. The van der Waals surface area contributed by atoms with Gasteiger partial charge in [-0.1, -0.05) is 22.8 Å². The van der Waals surface area contributed by atoms with Crippen LogP contribution in [0.1, 0.15) is 41.5 Å². The van der Waals surface area contributed by atoms with Gasteiger partial charge >= 0.3 is 6.03 Å². The molecule has 2 aliphatic heterocycles. The number of nitrogens with zero attached hydrogens (tertiary/aromatic N) is 4. The molecule has 0 bridgehead atoms. The molecule has 4 heterocycles. The van der Waals surface area contributed by atoms with Gasteiger partial charge in [0.25, 0.3) is 0 Å². The van der Waals surface area contributed by atoms with Gasteiger partial charge < -0.3 is 24.8 Å². The van der Waals surface area contributed by atoms with Crippen LogP contribution in [0.15, 0.2) is 41.2 Å². The first kappa shape index (κ1) is 22.5. The lowest BCUT2D eigenvalue weighted by Gasteiger charge is -2.30. The lowest BCUT2D eigenvalue weighted by Crippen LogP contribution is -2.44. The number of urea groups is 1. The van der Waals surface area contributed by atoms with Crippen LogP contribution in [0.2, 0.25) is 5.02 Å². The maximum atomic E-state index is 14.1. The molecule has 2 N–H and O–H groups in total. The molecule has 1 aromatic carbocycles. The van der Waals surface area contributed by atoms with Crippen LogP contribution in [0.25, 0.3) is 0 Å². The van der Waals surface area contributed by atoms with Crippen molar-refractivity contribution in [2.75, 3.05) is 25.1 Å². The van der Waals surface area contributed by atoms with Gasteiger partial charge in [-0.2, -0.15) is 0 Å². The molecule has 2 aliphatic rings. The fraction of sp³-hybridized carbons (Fsp3) is 0.391. The predicted octanol–water partition coefficient (Wildman–Crippen LogP) is 3.71. The molecule has 0 aliphatic carbocycles. The number of carbonyl (C=O) groups is 1. The Morgan fingerprint density at radius 2 is 2.12 bits per heavy atom. The number of hydrogen-bond donors (Lipinski definition) is 2. The average molecular weight is 487 g/mol. The molecule has 0 spiro atoms. The van der Waals surface area contributed by atoms with E-state index in [0.717, 1.165) is 37.3 Å². The number of fused-ring (bicyclic) bond motifs is 1. The zero-order chi connectivity index (χ0) is 23.5. The molecule has 178 valence electrons. The Morgan fingerprint density at radius 3 is 2.88 bits per heavy atom. The molecular weight excluding hydrogens is 463 g/mol. The van der Waals surface area contributed by atoms with E-state index in [1.807, 2.05) is 6.20 Å². The Labute approximate surface area is 200 Å². The summed E-state index contributed by atoms with van der Waals surface area (Å²) in [7, 11) is 0. The molecule has 1 atom stereocenters. The number of amides is 2. The fourth-order valence-electron chi connectivity index (χ4n) is 4.17. The summed E-state index contributed by atoms with van der Waals surface area (Å²) < 4.78 is 24.8. The molecule has 1 saturated heterocycles.